The highest BCUT2D eigenvalue weighted by atomic mass is 32.2. The fourth-order valence-electron chi connectivity index (χ4n) is 4.00. The molecular formula is C22H29N5O3S2. The van der Waals surface area contributed by atoms with Crippen molar-refractivity contribution in [1.29, 1.82) is 0 Å². The Hall–Kier alpha value is -2.33. The number of carbonyl (C=O) groups is 2. The molecule has 1 N–H and O–H groups in total. The van der Waals surface area contributed by atoms with Crippen molar-refractivity contribution in [2.75, 3.05) is 43.4 Å². The zero-order valence-corrected chi connectivity index (χ0v) is 19.9. The third kappa shape index (κ3) is 5.92. The zero-order valence-electron chi connectivity index (χ0n) is 18.3. The molecule has 2 fully saturated rings. The van der Waals surface area contributed by atoms with E-state index in [4.69, 9.17) is 4.74 Å². The second-order valence-corrected chi connectivity index (χ2v) is 10.1. The molecule has 2 aliphatic rings. The fraction of sp³-hybridized carbons (Fsp3) is 0.545. The Bertz CT molecular complexity index is 907. The normalized spacial score (nSPS) is 16.9. The average Bonchev–Trinajstić information content (AvgIpc) is 3.50. The summed E-state index contributed by atoms with van der Waals surface area (Å²) in [6.45, 7) is 5.24. The van der Waals surface area contributed by atoms with Crippen LogP contribution < -0.4 is 15.0 Å². The topological polar surface area (TPSA) is 87.7 Å². The molecule has 1 aromatic carbocycles. The predicted molar refractivity (Wildman–Crippen MR) is 127 cm³/mol. The molecule has 2 amide bonds. The van der Waals surface area contributed by atoms with Crippen molar-refractivity contribution < 1.29 is 14.3 Å². The van der Waals surface area contributed by atoms with Crippen molar-refractivity contribution in [1.82, 2.24) is 20.4 Å². The molecule has 1 aliphatic heterocycles. The number of aromatic nitrogens is 2. The van der Waals surface area contributed by atoms with Crippen LogP contribution in [0.15, 0.2) is 28.6 Å². The van der Waals surface area contributed by atoms with Gasteiger partial charge in [0.2, 0.25) is 11.0 Å². The molecule has 1 aromatic heterocycles. The van der Waals surface area contributed by atoms with Gasteiger partial charge in [0.05, 0.1) is 12.4 Å². The molecule has 1 aliphatic carbocycles. The SMILES string of the molecule is CCOc1ccc(C(=O)N2CCN(c3nnc(SCC(=O)NC4CCCC4)s3)CC2)cc1. The maximum Gasteiger partial charge on any atom is 0.253 e. The van der Waals surface area contributed by atoms with Crippen molar-refractivity contribution in [3.05, 3.63) is 29.8 Å². The van der Waals surface area contributed by atoms with E-state index in [0.717, 1.165) is 28.1 Å². The summed E-state index contributed by atoms with van der Waals surface area (Å²) < 4.78 is 6.24. The van der Waals surface area contributed by atoms with Crippen molar-refractivity contribution in [2.24, 2.45) is 0 Å². The van der Waals surface area contributed by atoms with Crippen LogP contribution in [0.4, 0.5) is 5.13 Å². The number of hydrogen-bond donors (Lipinski definition) is 1. The van der Waals surface area contributed by atoms with Crippen molar-refractivity contribution in [2.45, 2.75) is 43.0 Å². The molecular weight excluding hydrogens is 446 g/mol. The van der Waals surface area contributed by atoms with E-state index in [0.29, 0.717) is 50.1 Å². The van der Waals surface area contributed by atoms with Crippen molar-refractivity contribution >= 4 is 40.0 Å². The molecule has 10 heteroatoms. The number of carbonyl (C=O) groups excluding carboxylic acids is 2. The second-order valence-electron chi connectivity index (χ2n) is 7.92. The maximum atomic E-state index is 12.8. The van der Waals surface area contributed by atoms with E-state index in [1.807, 2.05) is 36.1 Å². The highest BCUT2D eigenvalue weighted by Crippen LogP contribution is 2.29. The fourth-order valence-corrected chi connectivity index (χ4v) is 5.70. The molecule has 4 rings (SSSR count). The first-order valence-electron chi connectivity index (χ1n) is 11.1. The highest BCUT2D eigenvalue weighted by Gasteiger charge is 2.24. The molecule has 0 spiro atoms. The summed E-state index contributed by atoms with van der Waals surface area (Å²) in [6.07, 6.45) is 4.59. The summed E-state index contributed by atoms with van der Waals surface area (Å²) in [7, 11) is 0. The number of thioether (sulfide) groups is 1. The summed E-state index contributed by atoms with van der Waals surface area (Å²) >= 11 is 2.94. The average molecular weight is 476 g/mol. The van der Waals surface area contributed by atoms with Crippen molar-refractivity contribution in [3.8, 4) is 5.75 Å². The van der Waals surface area contributed by atoms with E-state index in [2.05, 4.69) is 20.4 Å². The van der Waals surface area contributed by atoms with Gasteiger partial charge in [-0.25, -0.2) is 0 Å². The van der Waals surface area contributed by atoms with E-state index in [1.165, 1.54) is 35.9 Å². The number of hydrogen-bond acceptors (Lipinski definition) is 8. The Morgan fingerprint density at radius 2 is 1.84 bits per heavy atom. The third-order valence-electron chi connectivity index (χ3n) is 5.69. The minimum atomic E-state index is 0.0366. The Balaban J connectivity index is 1.23. The number of nitrogens with one attached hydrogen (secondary N) is 1. The number of amides is 2. The molecule has 8 nitrogen and oxygen atoms in total. The number of piperazine rings is 1. The van der Waals surface area contributed by atoms with Crippen LogP contribution >= 0.6 is 23.1 Å². The van der Waals surface area contributed by atoms with Gasteiger partial charge in [0.15, 0.2) is 4.34 Å². The van der Waals surface area contributed by atoms with Crippen molar-refractivity contribution in [3.63, 3.8) is 0 Å². The van der Waals surface area contributed by atoms with E-state index in [1.54, 1.807) is 0 Å². The number of anilines is 1. The van der Waals surface area contributed by atoms with Crippen LogP contribution in [0.5, 0.6) is 5.75 Å². The Morgan fingerprint density at radius 3 is 2.53 bits per heavy atom. The first-order chi connectivity index (χ1) is 15.6. The van der Waals surface area contributed by atoms with Crippen LogP contribution in [0.1, 0.15) is 43.0 Å². The first-order valence-corrected chi connectivity index (χ1v) is 13.0. The van der Waals surface area contributed by atoms with Crippen LogP contribution in [0.25, 0.3) is 0 Å². The lowest BCUT2D eigenvalue weighted by Gasteiger charge is -2.34. The minimum absolute atomic E-state index is 0.0366. The molecule has 1 saturated heterocycles. The van der Waals surface area contributed by atoms with E-state index < -0.39 is 0 Å². The largest absolute Gasteiger partial charge is 0.494 e. The standard InChI is InChI=1S/C22H29N5O3S2/c1-2-30-18-9-7-16(8-10-18)20(29)26-11-13-27(14-12-26)21-24-25-22(32-21)31-15-19(28)23-17-5-3-4-6-17/h7-10,17H,2-6,11-15H2,1H3,(H,23,28). The van der Waals surface area contributed by atoms with E-state index in [-0.39, 0.29) is 11.8 Å². The Labute approximate surface area is 196 Å². The lowest BCUT2D eigenvalue weighted by Crippen LogP contribution is -2.48. The quantitative estimate of drug-likeness (QED) is 0.587. The maximum absolute atomic E-state index is 12.8. The summed E-state index contributed by atoms with van der Waals surface area (Å²) in [4.78, 5) is 28.9. The van der Waals surface area contributed by atoms with Gasteiger partial charge >= 0.3 is 0 Å². The van der Waals surface area contributed by atoms with Crippen LogP contribution in [0.2, 0.25) is 0 Å². The molecule has 1 saturated carbocycles. The predicted octanol–water partition coefficient (Wildman–Crippen LogP) is 3.05. The van der Waals surface area contributed by atoms with Gasteiger partial charge in [-0.1, -0.05) is 35.9 Å². The smallest absolute Gasteiger partial charge is 0.253 e. The van der Waals surface area contributed by atoms with Crippen LogP contribution in [-0.4, -0.2) is 71.5 Å². The second kappa shape index (κ2) is 11.0. The molecule has 32 heavy (non-hydrogen) atoms. The summed E-state index contributed by atoms with van der Waals surface area (Å²) in [6, 6.07) is 7.64. The molecule has 0 unspecified atom stereocenters. The zero-order chi connectivity index (χ0) is 22.3. The van der Waals surface area contributed by atoms with Gasteiger partial charge in [0, 0.05) is 37.8 Å². The monoisotopic (exact) mass is 475 g/mol. The molecule has 0 atom stereocenters. The third-order valence-corrected chi connectivity index (χ3v) is 7.81. The summed E-state index contributed by atoms with van der Waals surface area (Å²) in [5.74, 6) is 1.25. The lowest BCUT2D eigenvalue weighted by atomic mass is 10.1. The van der Waals surface area contributed by atoms with Gasteiger partial charge in [-0.3, -0.25) is 9.59 Å². The number of benzene rings is 1. The number of rotatable bonds is 8. The van der Waals surface area contributed by atoms with Gasteiger partial charge in [-0.2, -0.15) is 0 Å². The van der Waals surface area contributed by atoms with Crippen LogP contribution in [-0.2, 0) is 4.79 Å². The van der Waals surface area contributed by atoms with Gasteiger partial charge in [0.25, 0.3) is 5.91 Å². The van der Waals surface area contributed by atoms with Gasteiger partial charge in [-0.05, 0) is 44.0 Å². The highest BCUT2D eigenvalue weighted by molar-refractivity contribution is 8.01. The Kier molecular flexibility index (Phi) is 7.85. The van der Waals surface area contributed by atoms with E-state index >= 15 is 0 Å². The number of ether oxygens (including phenoxy) is 1. The van der Waals surface area contributed by atoms with Gasteiger partial charge < -0.3 is 19.9 Å². The van der Waals surface area contributed by atoms with Gasteiger partial charge in [-0.15, -0.1) is 10.2 Å². The molecule has 172 valence electrons. The minimum Gasteiger partial charge on any atom is -0.494 e. The summed E-state index contributed by atoms with van der Waals surface area (Å²) in [5.41, 5.74) is 0.674. The number of nitrogens with zero attached hydrogens (tertiary/aromatic N) is 4. The Morgan fingerprint density at radius 1 is 1.12 bits per heavy atom. The molecule has 0 radical (unpaired) electrons. The lowest BCUT2D eigenvalue weighted by molar-refractivity contribution is -0.119. The van der Waals surface area contributed by atoms with E-state index in [9.17, 15) is 9.59 Å². The van der Waals surface area contributed by atoms with Crippen LogP contribution in [0.3, 0.4) is 0 Å². The molecule has 2 heterocycles. The first kappa shape index (κ1) is 22.8. The summed E-state index contributed by atoms with van der Waals surface area (Å²) in [5, 5.41) is 12.5. The molecule has 2 aromatic rings. The van der Waals surface area contributed by atoms with Crippen LogP contribution in [0, 0.1) is 0 Å². The van der Waals surface area contributed by atoms with Gasteiger partial charge in [0.1, 0.15) is 5.75 Å². The molecule has 0 bridgehead atoms.